The van der Waals surface area contributed by atoms with Gasteiger partial charge in [-0.25, -0.2) is 4.79 Å². The molecule has 1 atom stereocenters. The van der Waals surface area contributed by atoms with E-state index in [1.54, 1.807) is 43.3 Å². The lowest BCUT2D eigenvalue weighted by Crippen LogP contribution is -2.28. The lowest BCUT2D eigenvalue weighted by atomic mass is 10.2. The molecule has 5 nitrogen and oxygen atoms in total. The van der Waals surface area contributed by atoms with Gasteiger partial charge in [0.1, 0.15) is 11.5 Å². The molecule has 126 valence electrons. The van der Waals surface area contributed by atoms with Crippen LogP contribution in [0.5, 0.6) is 11.5 Å². The first-order valence-electron chi connectivity index (χ1n) is 7.37. The molecular weight excluding hydrogens is 330 g/mol. The van der Waals surface area contributed by atoms with Crippen LogP contribution in [0.4, 0.5) is 5.69 Å². The van der Waals surface area contributed by atoms with Crippen molar-refractivity contribution in [1.29, 1.82) is 0 Å². The molecule has 0 aliphatic heterocycles. The van der Waals surface area contributed by atoms with Crippen molar-refractivity contribution < 1.29 is 19.1 Å². The zero-order valence-electron chi connectivity index (χ0n) is 13.6. The molecule has 2 aromatic rings. The van der Waals surface area contributed by atoms with E-state index in [0.29, 0.717) is 22.2 Å². The van der Waals surface area contributed by atoms with E-state index in [1.165, 1.54) is 6.92 Å². The van der Waals surface area contributed by atoms with Crippen molar-refractivity contribution >= 4 is 29.2 Å². The number of ether oxygens (including phenoxy) is 2. The largest absolute Gasteiger partial charge is 0.477 e. The Balaban J connectivity index is 1.98. The minimum absolute atomic E-state index is 0.170. The predicted molar refractivity (Wildman–Crippen MR) is 92.7 cm³/mol. The Morgan fingerprint density at radius 2 is 1.79 bits per heavy atom. The van der Waals surface area contributed by atoms with E-state index in [2.05, 4.69) is 5.32 Å². The summed E-state index contributed by atoms with van der Waals surface area (Å²) < 4.78 is 10.8. The molecule has 0 saturated heterocycles. The van der Waals surface area contributed by atoms with Crippen LogP contribution in [0.25, 0.3) is 0 Å². The minimum Gasteiger partial charge on any atom is -0.477 e. The molecule has 2 aromatic carbocycles. The maximum atomic E-state index is 12.1. The molecule has 1 unspecified atom stereocenters. The predicted octanol–water partition coefficient (Wildman–Crippen LogP) is 3.98. The van der Waals surface area contributed by atoms with Gasteiger partial charge in [0.15, 0.2) is 6.10 Å². The Hall–Kier alpha value is -2.53. The van der Waals surface area contributed by atoms with Gasteiger partial charge in [-0.2, -0.15) is 0 Å². The van der Waals surface area contributed by atoms with Crippen molar-refractivity contribution in [3.63, 3.8) is 0 Å². The molecule has 0 saturated carbocycles. The number of carbonyl (C=O) groups is 2. The van der Waals surface area contributed by atoms with E-state index < -0.39 is 12.1 Å². The summed E-state index contributed by atoms with van der Waals surface area (Å²) in [6, 6.07) is 11.8. The Bertz CT molecular complexity index is 743. The summed E-state index contributed by atoms with van der Waals surface area (Å²) in [4.78, 5) is 23.1. The number of esters is 1. The average molecular weight is 348 g/mol. The van der Waals surface area contributed by atoms with E-state index in [0.717, 1.165) is 5.56 Å². The molecule has 0 aliphatic rings. The highest BCUT2D eigenvalue weighted by Gasteiger charge is 2.18. The minimum atomic E-state index is -0.820. The Labute approximate surface area is 145 Å². The zero-order valence-corrected chi connectivity index (χ0v) is 14.4. The van der Waals surface area contributed by atoms with Crippen molar-refractivity contribution in [1.82, 2.24) is 0 Å². The monoisotopic (exact) mass is 347 g/mol. The third-order valence-corrected chi connectivity index (χ3v) is 3.43. The van der Waals surface area contributed by atoms with Crippen LogP contribution in [0.1, 0.15) is 19.4 Å². The van der Waals surface area contributed by atoms with Gasteiger partial charge in [-0.3, -0.25) is 4.79 Å². The number of halogens is 1. The average Bonchev–Trinajstić information content (AvgIpc) is 2.52. The van der Waals surface area contributed by atoms with Crippen molar-refractivity contribution in [3.05, 3.63) is 53.1 Å². The van der Waals surface area contributed by atoms with E-state index in [-0.39, 0.29) is 5.91 Å². The van der Waals surface area contributed by atoms with Crippen LogP contribution in [-0.4, -0.2) is 18.0 Å². The van der Waals surface area contributed by atoms with Gasteiger partial charge in [0.25, 0.3) is 0 Å². The van der Waals surface area contributed by atoms with Crippen LogP contribution < -0.4 is 14.8 Å². The number of anilines is 1. The van der Waals surface area contributed by atoms with Gasteiger partial charge < -0.3 is 14.8 Å². The quantitative estimate of drug-likeness (QED) is 0.656. The molecule has 2 rings (SSSR count). The number of hydrogen-bond acceptors (Lipinski definition) is 4. The third-order valence-electron chi connectivity index (χ3n) is 3.12. The lowest BCUT2D eigenvalue weighted by molar-refractivity contribution is -0.141. The zero-order chi connectivity index (χ0) is 17.7. The van der Waals surface area contributed by atoms with Crippen LogP contribution in [-0.2, 0) is 9.59 Å². The second kappa shape index (κ2) is 7.84. The Morgan fingerprint density at radius 3 is 2.42 bits per heavy atom. The van der Waals surface area contributed by atoms with Gasteiger partial charge >= 0.3 is 5.97 Å². The first-order valence-corrected chi connectivity index (χ1v) is 7.75. The van der Waals surface area contributed by atoms with Crippen LogP contribution in [0.2, 0.25) is 5.02 Å². The van der Waals surface area contributed by atoms with Crippen LogP contribution in [0, 0.1) is 6.92 Å². The van der Waals surface area contributed by atoms with Crippen LogP contribution >= 0.6 is 11.6 Å². The van der Waals surface area contributed by atoms with E-state index in [9.17, 15) is 9.59 Å². The van der Waals surface area contributed by atoms with Gasteiger partial charge in [-0.15, -0.1) is 0 Å². The van der Waals surface area contributed by atoms with Gasteiger partial charge in [0.05, 0.1) is 5.02 Å². The van der Waals surface area contributed by atoms with E-state index in [1.807, 2.05) is 13.0 Å². The maximum absolute atomic E-state index is 12.1. The lowest BCUT2D eigenvalue weighted by Gasteiger charge is -2.15. The molecule has 0 bridgehead atoms. The highest BCUT2D eigenvalue weighted by molar-refractivity contribution is 6.32. The van der Waals surface area contributed by atoms with Gasteiger partial charge in [-0.1, -0.05) is 17.7 Å². The number of carbonyl (C=O) groups excluding carboxylic acids is 2. The highest BCUT2D eigenvalue weighted by atomic mass is 35.5. The van der Waals surface area contributed by atoms with Crippen molar-refractivity contribution in [2.24, 2.45) is 0 Å². The number of benzene rings is 2. The Kier molecular flexibility index (Phi) is 5.82. The first-order chi connectivity index (χ1) is 11.3. The number of rotatable bonds is 5. The summed E-state index contributed by atoms with van der Waals surface area (Å²) in [6.45, 7) is 4.92. The van der Waals surface area contributed by atoms with Gasteiger partial charge in [0, 0.05) is 12.6 Å². The fraction of sp³-hybridized carbons (Fsp3) is 0.222. The molecule has 0 heterocycles. The van der Waals surface area contributed by atoms with Gasteiger partial charge in [0.2, 0.25) is 5.91 Å². The Morgan fingerprint density at radius 1 is 1.12 bits per heavy atom. The third kappa shape index (κ3) is 4.99. The molecule has 24 heavy (non-hydrogen) atoms. The second-order valence-electron chi connectivity index (χ2n) is 5.32. The maximum Gasteiger partial charge on any atom is 0.352 e. The SMILES string of the molecule is CC(=O)Nc1ccc(OC(=O)C(C)Oc2cc(C)ccc2Cl)cc1. The van der Waals surface area contributed by atoms with E-state index >= 15 is 0 Å². The molecule has 0 fully saturated rings. The summed E-state index contributed by atoms with van der Waals surface area (Å²) in [6.07, 6.45) is -0.820. The summed E-state index contributed by atoms with van der Waals surface area (Å²) in [7, 11) is 0. The molecule has 0 aromatic heterocycles. The van der Waals surface area contributed by atoms with Gasteiger partial charge in [-0.05, 0) is 55.8 Å². The van der Waals surface area contributed by atoms with Crippen molar-refractivity contribution in [2.45, 2.75) is 26.9 Å². The molecule has 1 amide bonds. The molecular formula is C18H18ClNO4. The summed E-state index contributed by atoms with van der Waals surface area (Å²) in [5.41, 5.74) is 1.60. The summed E-state index contributed by atoms with van der Waals surface area (Å²) >= 11 is 6.05. The number of nitrogens with one attached hydrogen (secondary N) is 1. The number of hydrogen-bond donors (Lipinski definition) is 1. The van der Waals surface area contributed by atoms with Crippen molar-refractivity contribution in [3.8, 4) is 11.5 Å². The van der Waals surface area contributed by atoms with Crippen molar-refractivity contribution in [2.75, 3.05) is 5.32 Å². The number of aryl methyl sites for hydroxylation is 1. The molecule has 6 heteroatoms. The second-order valence-corrected chi connectivity index (χ2v) is 5.73. The normalized spacial score (nSPS) is 11.5. The van der Waals surface area contributed by atoms with E-state index in [4.69, 9.17) is 21.1 Å². The molecule has 0 radical (unpaired) electrons. The first kappa shape index (κ1) is 17.8. The highest BCUT2D eigenvalue weighted by Crippen LogP contribution is 2.26. The standard InChI is InChI=1S/C18H18ClNO4/c1-11-4-9-16(19)17(10-11)23-12(2)18(22)24-15-7-5-14(6-8-15)20-13(3)21/h4-10,12H,1-3H3,(H,20,21). The topological polar surface area (TPSA) is 64.6 Å². The smallest absolute Gasteiger partial charge is 0.352 e. The van der Waals surface area contributed by atoms with Crippen LogP contribution in [0.3, 0.4) is 0 Å². The summed E-state index contributed by atoms with van der Waals surface area (Å²) in [5, 5.41) is 3.06. The molecule has 0 spiro atoms. The fourth-order valence-corrected chi connectivity index (χ4v) is 2.11. The fourth-order valence-electron chi connectivity index (χ4n) is 1.95. The van der Waals surface area contributed by atoms with Crippen LogP contribution in [0.15, 0.2) is 42.5 Å². The molecule has 0 aliphatic carbocycles. The number of amides is 1. The molecule has 1 N–H and O–H groups in total. The summed E-state index contributed by atoms with van der Waals surface area (Å²) in [5.74, 6) is 0.0821.